The SMILES string of the molecule is CO[C@@H]1COCCC1NC1CCN(C(=O)c2cncc(NC[C@H]3CCC[C@@H](c4ccc(OC(F)(F)F)cc4)O3)c2C)CC1. The molecule has 1 unspecified atom stereocenters. The molecular weight excluding hydrogens is 565 g/mol. The molecule has 0 aliphatic carbocycles. The van der Waals surface area contributed by atoms with Crippen LogP contribution >= 0.6 is 0 Å². The number of hydrogen-bond donors (Lipinski definition) is 2. The summed E-state index contributed by atoms with van der Waals surface area (Å²) in [4.78, 5) is 19.7. The van der Waals surface area contributed by atoms with Crippen LogP contribution in [0.5, 0.6) is 5.75 Å². The highest BCUT2D eigenvalue weighted by molar-refractivity contribution is 5.96. The lowest BCUT2D eigenvalue weighted by Crippen LogP contribution is -2.54. The molecule has 0 bridgehead atoms. The van der Waals surface area contributed by atoms with E-state index < -0.39 is 6.36 Å². The lowest BCUT2D eigenvalue weighted by atomic mass is 9.98. The Balaban J connectivity index is 1.12. The van der Waals surface area contributed by atoms with Gasteiger partial charge in [-0.25, -0.2) is 0 Å². The Morgan fingerprint density at radius 1 is 1.09 bits per heavy atom. The number of halogens is 3. The quantitative estimate of drug-likeness (QED) is 0.412. The number of anilines is 1. The van der Waals surface area contributed by atoms with E-state index in [-0.39, 0.29) is 36.0 Å². The highest BCUT2D eigenvalue weighted by atomic mass is 19.4. The van der Waals surface area contributed by atoms with Crippen molar-refractivity contribution in [3.05, 3.63) is 53.3 Å². The second kappa shape index (κ2) is 14.2. The molecule has 0 saturated carbocycles. The Bertz CT molecular complexity index is 1210. The van der Waals surface area contributed by atoms with E-state index in [1.54, 1.807) is 31.6 Å². The molecular formula is C31H41F3N4O5. The van der Waals surface area contributed by atoms with Crippen LogP contribution in [-0.4, -0.2) is 86.4 Å². The fourth-order valence-corrected chi connectivity index (χ4v) is 6.18. The van der Waals surface area contributed by atoms with Gasteiger partial charge in [0.05, 0.1) is 42.4 Å². The van der Waals surface area contributed by atoms with Crippen LogP contribution in [-0.2, 0) is 14.2 Å². The van der Waals surface area contributed by atoms with E-state index in [2.05, 4.69) is 20.4 Å². The summed E-state index contributed by atoms with van der Waals surface area (Å²) in [5.74, 6) is -0.265. The second-order valence-corrected chi connectivity index (χ2v) is 11.5. The number of benzene rings is 1. The molecule has 4 atom stereocenters. The number of hydrogen-bond acceptors (Lipinski definition) is 8. The number of alkyl halides is 3. The third-order valence-corrected chi connectivity index (χ3v) is 8.64. The summed E-state index contributed by atoms with van der Waals surface area (Å²) in [7, 11) is 1.72. The number of methoxy groups -OCH3 is 1. The zero-order chi connectivity index (χ0) is 30.4. The van der Waals surface area contributed by atoms with E-state index >= 15 is 0 Å². The fourth-order valence-electron chi connectivity index (χ4n) is 6.18. The first-order chi connectivity index (χ1) is 20.7. The van der Waals surface area contributed by atoms with E-state index in [0.29, 0.717) is 37.8 Å². The summed E-state index contributed by atoms with van der Waals surface area (Å²) in [6.45, 7) is 5.14. The Morgan fingerprint density at radius 3 is 2.58 bits per heavy atom. The average molecular weight is 607 g/mol. The van der Waals surface area contributed by atoms with E-state index in [1.807, 2.05) is 11.8 Å². The number of nitrogens with zero attached hydrogens (tertiary/aromatic N) is 2. The van der Waals surface area contributed by atoms with Crippen molar-refractivity contribution in [2.75, 3.05) is 45.3 Å². The summed E-state index contributed by atoms with van der Waals surface area (Å²) >= 11 is 0. The average Bonchev–Trinajstić information content (AvgIpc) is 3.01. The Morgan fingerprint density at radius 2 is 1.86 bits per heavy atom. The molecule has 3 saturated heterocycles. The fraction of sp³-hybridized carbons (Fsp3) is 0.613. The molecule has 236 valence electrons. The molecule has 3 aliphatic heterocycles. The largest absolute Gasteiger partial charge is 0.573 e. The van der Waals surface area contributed by atoms with Gasteiger partial charge in [0.1, 0.15) is 5.75 Å². The summed E-state index contributed by atoms with van der Waals surface area (Å²) in [5.41, 5.74) is 3.03. The van der Waals surface area contributed by atoms with Gasteiger partial charge in [0.15, 0.2) is 0 Å². The number of carbonyl (C=O) groups is 1. The summed E-state index contributed by atoms with van der Waals surface area (Å²) in [6, 6.07) is 6.46. The topological polar surface area (TPSA) is 94.2 Å². The van der Waals surface area contributed by atoms with Gasteiger partial charge in [-0.05, 0) is 68.7 Å². The number of nitrogens with one attached hydrogen (secondary N) is 2. The van der Waals surface area contributed by atoms with Gasteiger partial charge in [0.25, 0.3) is 5.91 Å². The predicted octanol–water partition coefficient (Wildman–Crippen LogP) is 5.01. The normalized spacial score (nSPS) is 25.4. The molecule has 4 heterocycles. The van der Waals surface area contributed by atoms with Crippen LogP contribution in [0.2, 0.25) is 0 Å². The molecule has 1 aromatic heterocycles. The van der Waals surface area contributed by atoms with Crippen molar-refractivity contribution in [2.45, 2.75) is 82.2 Å². The van der Waals surface area contributed by atoms with Gasteiger partial charge in [0, 0.05) is 51.6 Å². The molecule has 2 aromatic rings. The number of likely N-dealkylation sites (tertiary alicyclic amines) is 1. The standard InChI is InChI=1S/C31H41F3N4O5/c1-20-25(30(39)38-13-10-22(11-14-38)37-26-12-15-41-19-29(26)40-2)17-35-18-27(20)36-16-24-4-3-5-28(42-24)21-6-8-23(9-7-21)43-31(32,33)34/h6-9,17-18,22,24,26,28-29,36-37H,3-5,10-16,19H2,1-2H3/t24-,26?,28+,29-/m1/s1. The summed E-state index contributed by atoms with van der Waals surface area (Å²) in [5, 5.41) is 7.14. The monoisotopic (exact) mass is 606 g/mol. The first-order valence-electron chi connectivity index (χ1n) is 15.1. The van der Waals surface area contributed by atoms with E-state index in [9.17, 15) is 18.0 Å². The summed E-state index contributed by atoms with van der Waals surface area (Å²) in [6.07, 6.45) is 3.63. The zero-order valence-electron chi connectivity index (χ0n) is 24.7. The van der Waals surface area contributed by atoms with Crippen molar-refractivity contribution < 1.29 is 36.9 Å². The van der Waals surface area contributed by atoms with Crippen LogP contribution in [0.4, 0.5) is 18.9 Å². The van der Waals surface area contributed by atoms with Crippen LogP contribution in [0.25, 0.3) is 0 Å². The molecule has 2 N–H and O–H groups in total. The van der Waals surface area contributed by atoms with Crippen LogP contribution in [0.15, 0.2) is 36.7 Å². The number of amides is 1. The number of pyridine rings is 1. The van der Waals surface area contributed by atoms with Crippen molar-refractivity contribution in [3.63, 3.8) is 0 Å². The smallest absolute Gasteiger partial charge is 0.406 e. The summed E-state index contributed by atoms with van der Waals surface area (Å²) < 4.78 is 58.8. The van der Waals surface area contributed by atoms with Gasteiger partial charge >= 0.3 is 6.36 Å². The van der Waals surface area contributed by atoms with Gasteiger partial charge in [-0.1, -0.05) is 12.1 Å². The number of aromatic nitrogens is 1. The Kier molecular flexibility index (Phi) is 10.4. The van der Waals surface area contributed by atoms with Crippen molar-refractivity contribution in [3.8, 4) is 5.75 Å². The van der Waals surface area contributed by atoms with Gasteiger partial charge in [-0.3, -0.25) is 9.78 Å². The van der Waals surface area contributed by atoms with Crippen LogP contribution < -0.4 is 15.4 Å². The number of carbonyl (C=O) groups excluding carboxylic acids is 1. The molecule has 9 nitrogen and oxygen atoms in total. The first-order valence-corrected chi connectivity index (χ1v) is 15.1. The first kappa shape index (κ1) is 31.5. The molecule has 0 radical (unpaired) electrons. The van der Waals surface area contributed by atoms with Crippen LogP contribution in [0.1, 0.15) is 66.1 Å². The maximum Gasteiger partial charge on any atom is 0.573 e. The lowest BCUT2D eigenvalue weighted by molar-refractivity contribution is -0.274. The molecule has 3 fully saturated rings. The lowest BCUT2D eigenvalue weighted by Gasteiger charge is -2.38. The van der Waals surface area contributed by atoms with E-state index in [4.69, 9.17) is 14.2 Å². The van der Waals surface area contributed by atoms with Crippen molar-refractivity contribution in [1.29, 1.82) is 0 Å². The Labute approximate surface area is 250 Å². The van der Waals surface area contributed by atoms with Gasteiger partial charge in [0.2, 0.25) is 0 Å². The molecule has 1 aromatic carbocycles. The third-order valence-electron chi connectivity index (χ3n) is 8.64. The minimum absolute atomic E-state index is 0.0140. The van der Waals surface area contributed by atoms with Gasteiger partial charge in [-0.2, -0.15) is 0 Å². The molecule has 43 heavy (non-hydrogen) atoms. The van der Waals surface area contributed by atoms with Gasteiger partial charge in [-0.15, -0.1) is 13.2 Å². The van der Waals surface area contributed by atoms with Gasteiger partial charge < -0.3 is 34.5 Å². The molecule has 1 amide bonds. The minimum atomic E-state index is -4.72. The number of ether oxygens (including phenoxy) is 4. The highest BCUT2D eigenvalue weighted by Crippen LogP contribution is 2.33. The number of rotatable bonds is 9. The second-order valence-electron chi connectivity index (χ2n) is 11.5. The number of piperidine rings is 1. The van der Waals surface area contributed by atoms with Crippen LogP contribution in [0, 0.1) is 6.92 Å². The predicted molar refractivity (Wildman–Crippen MR) is 154 cm³/mol. The van der Waals surface area contributed by atoms with Crippen molar-refractivity contribution >= 4 is 11.6 Å². The van der Waals surface area contributed by atoms with Crippen LogP contribution in [0.3, 0.4) is 0 Å². The third kappa shape index (κ3) is 8.37. The molecule has 3 aliphatic rings. The minimum Gasteiger partial charge on any atom is -0.406 e. The van der Waals surface area contributed by atoms with E-state index in [1.165, 1.54) is 12.1 Å². The van der Waals surface area contributed by atoms with Crippen molar-refractivity contribution in [2.24, 2.45) is 0 Å². The highest BCUT2D eigenvalue weighted by Gasteiger charge is 2.32. The molecule has 0 spiro atoms. The maximum absolute atomic E-state index is 13.5. The zero-order valence-corrected chi connectivity index (χ0v) is 24.7. The maximum atomic E-state index is 13.5. The van der Waals surface area contributed by atoms with Crippen molar-refractivity contribution in [1.82, 2.24) is 15.2 Å². The molecule has 12 heteroatoms. The molecule has 5 rings (SSSR count). The Hall–Kier alpha value is -2.93. The van der Waals surface area contributed by atoms with E-state index in [0.717, 1.165) is 61.9 Å².